The van der Waals surface area contributed by atoms with Gasteiger partial charge in [-0.2, -0.15) is 0 Å². The van der Waals surface area contributed by atoms with Crippen molar-refractivity contribution in [2.24, 2.45) is 0 Å². The number of carbonyl (C=O) groups is 1. The number of rotatable bonds is 4. The van der Waals surface area contributed by atoms with Crippen LogP contribution in [0.3, 0.4) is 0 Å². The first-order chi connectivity index (χ1) is 11.2. The number of ether oxygens (including phenoxy) is 1. The fourth-order valence-electron chi connectivity index (χ4n) is 3.42. The van der Waals surface area contributed by atoms with Gasteiger partial charge in [-0.25, -0.2) is 9.18 Å². The molecular weight excluding hydrogens is 297 g/mol. The van der Waals surface area contributed by atoms with Gasteiger partial charge in [0.1, 0.15) is 5.82 Å². The van der Waals surface area contributed by atoms with Crippen molar-refractivity contribution in [3.63, 3.8) is 0 Å². The SMILES string of the molecule is CCN(C1CCOCC1)C1CN(C(=O)Nc2ccccc2F)C1. The summed E-state index contributed by atoms with van der Waals surface area (Å²) in [6.07, 6.45) is 2.12. The molecule has 0 spiro atoms. The van der Waals surface area contributed by atoms with Crippen LogP contribution in [0.2, 0.25) is 0 Å². The van der Waals surface area contributed by atoms with Gasteiger partial charge >= 0.3 is 6.03 Å². The number of nitrogens with zero attached hydrogens (tertiary/aromatic N) is 2. The number of likely N-dealkylation sites (tertiary alicyclic amines) is 1. The molecule has 1 aromatic rings. The van der Waals surface area contributed by atoms with Crippen molar-refractivity contribution in [1.82, 2.24) is 9.80 Å². The Labute approximate surface area is 136 Å². The van der Waals surface area contributed by atoms with Crippen molar-refractivity contribution in [1.29, 1.82) is 0 Å². The molecule has 2 aliphatic rings. The fourth-order valence-corrected chi connectivity index (χ4v) is 3.42. The number of nitrogens with one attached hydrogen (secondary N) is 1. The van der Waals surface area contributed by atoms with Crippen molar-refractivity contribution in [3.8, 4) is 0 Å². The van der Waals surface area contributed by atoms with Gasteiger partial charge in [-0.05, 0) is 31.5 Å². The zero-order valence-corrected chi connectivity index (χ0v) is 13.5. The van der Waals surface area contributed by atoms with Crippen molar-refractivity contribution >= 4 is 11.7 Å². The van der Waals surface area contributed by atoms with Gasteiger partial charge in [-0.15, -0.1) is 0 Å². The van der Waals surface area contributed by atoms with E-state index in [9.17, 15) is 9.18 Å². The van der Waals surface area contributed by atoms with Crippen LogP contribution in [0.15, 0.2) is 24.3 Å². The Morgan fingerprint density at radius 2 is 2.00 bits per heavy atom. The number of halogens is 1. The summed E-state index contributed by atoms with van der Waals surface area (Å²) in [4.78, 5) is 16.4. The minimum atomic E-state index is -0.407. The average molecular weight is 321 g/mol. The van der Waals surface area contributed by atoms with E-state index in [1.165, 1.54) is 6.07 Å². The number of anilines is 1. The molecule has 6 heteroatoms. The molecule has 0 aromatic heterocycles. The molecule has 1 aromatic carbocycles. The lowest BCUT2D eigenvalue weighted by Crippen LogP contribution is -2.64. The molecule has 2 amide bonds. The second-order valence-electron chi connectivity index (χ2n) is 6.14. The molecule has 0 saturated carbocycles. The first-order valence-corrected chi connectivity index (χ1v) is 8.33. The maximum Gasteiger partial charge on any atom is 0.322 e. The van der Waals surface area contributed by atoms with Crippen molar-refractivity contribution in [3.05, 3.63) is 30.1 Å². The summed E-state index contributed by atoms with van der Waals surface area (Å²) in [5, 5.41) is 2.64. The molecule has 0 unspecified atom stereocenters. The van der Waals surface area contributed by atoms with Crippen LogP contribution in [0.1, 0.15) is 19.8 Å². The van der Waals surface area contributed by atoms with Crippen molar-refractivity contribution < 1.29 is 13.9 Å². The lowest BCUT2D eigenvalue weighted by atomic mass is 10.0. The standard InChI is InChI=1S/C17H24FN3O2/c1-2-21(13-7-9-23-10-8-13)14-11-20(12-14)17(22)19-16-6-4-3-5-15(16)18/h3-6,13-14H,2,7-12H2,1H3,(H,19,22). The van der Waals surface area contributed by atoms with Gasteiger partial charge in [0.25, 0.3) is 0 Å². The second kappa shape index (κ2) is 7.27. The maximum atomic E-state index is 13.6. The lowest BCUT2D eigenvalue weighted by Gasteiger charge is -2.48. The summed E-state index contributed by atoms with van der Waals surface area (Å²) in [5.41, 5.74) is 0.234. The van der Waals surface area contributed by atoms with Crippen LogP contribution in [0, 0.1) is 5.82 Å². The molecule has 3 rings (SSSR count). The molecule has 0 bridgehead atoms. The highest BCUT2D eigenvalue weighted by atomic mass is 19.1. The molecule has 0 aliphatic carbocycles. The third kappa shape index (κ3) is 3.64. The van der Waals surface area contributed by atoms with Crippen LogP contribution in [-0.4, -0.2) is 60.8 Å². The van der Waals surface area contributed by atoms with Crippen molar-refractivity contribution in [2.45, 2.75) is 31.8 Å². The molecule has 5 nitrogen and oxygen atoms in total. The monoisotopic (exact) mass is 321 g/mol. The highest BCUT2D eigenvalue weighted by Gasteiger charge is 2.37. The molecule has 2 saturated heterocycles. The predicted molar refractivity (Wildman–Crippen MR) is 87.0 cm³/mol. The molecule has 2 fully saturated rings. The molecule has 0 atom stereocenters. The molecule has 2 aliphatic heterocycles. The lowest BCUT2D eigenvalue weighted by molar-refractivity contribution is -0.0149. The summed E-state index contributed by atoms with van der Waals surface area (Å²) in [6, 6.07) is 6.96. The van der Waals surface area contributed by atoms with Gasteiger partial charge in [0, 0.05) is 38.4 Å². The number of hydrogen-bond donors (Lipinski definition) is 1. The molecule has 0 radical (unpaired) electrons. The average Bonchev–Trinajstić information content (AvgIpc) is 2.53. The van der Waals surface area contributed by atoms with Gasteiger partial charge in [0.05, 0.1) is 5.69 Å². The van der Waals surface area contributed by atoms with Gasteiger partial charge in [0.2, 0.25) is 0 Å². The number of carbonyl (C=O) groups excluding carboxylic acids is 1. The van der Waals surface area contributed by atoms with E-state index in [0.717, 1.165) is 32.6 Å². The van der Waals surface area contributed by atoms with Crippen LogP contribution in [0.4, 0.5) is 14.9 Å². The number of hydrogen-bond acceptors (Lipinski definition) is 3. The Kier molecular flexibility index (Phi) is 5.13. The highest BCUT2D eigenvalue weighted by Crippen LogP contribution is 2.23. The number of amides is 2. The maximum absolute atomic E-state index is 13.6. The summed E-state index contributed by atoms with van der Waals surface area (Å²) in [6.45, 7) is 6.20. The Balaban J connectivity index is 1.51. The zero-order valence-electron chi connectivity index (χ0n) is 13.5. The normalized spacial score (nSPS) is 19.7. The van der Waals surface area contributed by atoms with Gasteiger partial charge < -0.3 is 15.0 Å². The zero-order chi connectivity index (χ0) is 16.2. The molecule has 2 heterocycles. The van der Waals surface area contributed by atoms with Crippen molar-refractivity contribution in [2.75, 3.05) is 38.2 Å². The van der Waals surface area contributed by atoms with Crippen LogP contribution in [-0.2, 0) is 4.74 Å². The predicted octanol–water partition coefficient (Wildman–Crippen LogP) is 2.54. The van der Waals surface area contributed by atoms with E-state index < -0.39 is 5.82 Å². The second-order valence-corrected chi connectivity index (χ2v) is 6.14. The Hall–Kier alpha value is -1.66. The molecule has 126 valence electrons. The quantitative estimate of drug-likeness (QED) is 0.927. The van der Waals surface area contributed by atoms with E-state index >= 15 is 0 Å². The van der Waals surface area contributed by atoms with Crippen LogP contribution >= 0.6 is 0 Å². The van der Waals surface area contributed by atoms with Crippen LogP contribution in [0.5, 0.6) is 0 Å². The largest absolute Gasteiger partial charge is 0.381 e. The van der Waals surface area contributed by atoms with Gasteiger partial charge in [-0.3, -0.25) is 4.90 Å². The van der Waals surface area contributed by atoms with Gasteiger partial charge in [0.15, 0.2) is 0 Å². The van der Waals surface area contributed by atoms with E-state index in [0.29, 0.717) is 25.2 Å². The Morgan fingerprint density at radius 1 is 1.30 bits per heavy atom. The third-order valence-corrected chi connectivity index (χ3v) is 4.76. The molecule has 23 heavy (non-hydrogen) atoms. The van der Waals surface area contributed by atoms with Crippen LogP contribution < -0.4 is 5.32 Å². The van der Waals surface area contributed by atoms with Gasteiger partial charge in [-0.1, -0.05) is 19.1 Å². The smallest absolute Gasteiger partial charge is 0.322 e. The van der Waals surface area contributed by atoms with E-state index in [1.54, 1.807) is 23.1 Å². The summed E-state index contributed by atoms with van der Waals surface area (Å²) >= 11 is 0. The third-order valence-electron chi connectivity index (χ3n) is 4.76. The summed E-state index contributed by atoms with van der Waals surface area (Å²) < 4.78 is 19.0. The summed E-state index contributed by atoms with van der Waals surface area (Å²) in [7, 11) is 0. The topological polar surface area (TPSA) is 44.8 Å². The number of para-hydroxylation sites is 1. The number of urea groups is 1. The first-order valence-electron chi connectivity index (χ1n) is 8.33. The number of likely N-dealkylation sites (N-methyl/N-ethyl adjacent to an activating group) is 1. The minimum absolute atomic E-state index is 0.227. The van der Waals surface area contributed by atoms with E-state index in [2.05, 4.69) is 17.1 Å². The van der Waals surface area contributed by atoms with E-state index in [4.69, 9.17) is 4.74 Å². The number of benzene rings is 1. The Morgan fingerprint density at radius 3 is 2.65 bits per heavy atom. The fraction of sp³-hybridized carbons (Fsp3) is 0.588. The minimum Gasteiger partial charge on any atom is -0.381 e. The van der Waals surface area contributed by atoms with E-state index in [-0.39, 0.29) is 11.7 Å². The Bertz CT molecular complexity index is 542. The first kappa shape index (κ1) is 16.2. The summed E-state index contributed by atoms with van der Waals surface area (Å²) in [5.74, 6) is -0.407. The molecule has 1 N–H and O–H groups in total. The molecular formula is C17H24FN3O2. The van der Waals surface area contributed by atoms with E-state index in [1.807, 2.05) is 0 Å². The van der Waals surface area contributed by atoms with Crippen LogP contribution in [0.25, 0.3) is 0 Å². The highest BCUT2D eigenvalue weighted by molar-refractivity contribution is 5.90.